The van der Waals surface area contributed by atoms with Gasteiger partial charge in [-0.15, -0.1) is 0 Å². The van der Waals surface area contributed by atoms with Gasteiger partial charge in [0.05, 0.1) is 6.04 Å². The zero-order valence-electron chi connectivity index (χ0n) is 18.0. The molecule has 0 bridgehead atoms. The van der Waals surface area contributed by atoms with Gasteiger partial charge in [0, 0.05) is 6.42 Å². The number of imidazole rings is 1. The Labute approximate surface area is 210 Å². The van der Waals surface area contributed by atoms with Crippen molar-refractivity contribution < 1.29 is 19.1 Å². The molecule has 31 heavy (non-hydrogen) atoms. The minimum atomic E-state index is -0.482. The molecule has 9 heteroatoms. The summed E-state index contributed by atoms with van der Waals surface area (Å²) in [7, 11) is 0. The number of carbonyl (C=O) groups excluding carboxylic acids is 2. The number of halogens is 2. The normalized spacial score (nSPS) is 12.3. The van der Waals surface area contributed by atoms with Crippen LogP contribution in [0.3, 0.4) is 0 Å². The van der Waals surface area contributed by atoms with Gasteiger partial charge in [0.2, 0.25) is 0 Å². The lowest BCUT2D eigenvalue weighted by Gasteiger charge is -2.19. The van der Waals surface area contributed by atoms with Crippen molar-refractivity contribution in [2.45, 2.75) is 71.1 Å². The summed E-state index contributed by atoms with van der Waals surface area (Å²) < 4.78 is 12.5. The van der Waals surface area contributed by atoms with Gasteiger partial charge in [-0.25, -0.2) is 9.78 Å². The maximum atomic E-state index is 12.4. The number of amides is 1. The van der Waals surface area contributed by atoms with E-state index in [0.717, 1.165) is 32.2 Å². The SMILES string of the molecule is CC(C)(C)OC(=O)CCCCCC(NC(=O)OCc1ccccc1)c1nc(I)c(I)[nH]1. The van der Waals surface area contributed by atoms with Crippen LogP contribution < -0.4 is 5.32 Å². The maximum absolute atomic E-state index is 12.4. The molecule has 170 valence electrons. The van der Waals surface area contributed by atoms with Crippen molar-refractivity contribution >= 4 is 57.2 Å². The number of ether oxygens (including phenoxy) is 2. The molecule has 2 N–H and O–H groups in total. The number of unbranched alkanes of at least 4 members (excludes halogenated alkanes) is 2. The number of carbonyl (C=O) groups is 2. The van der Waals surface area contributed by atoms with Crippen molar-refractivity contribution in [3.63, 3.8) is 0 Å². The molecule has 1 aromatic heterocycles. The molecule has 0 aliphatic rings. The van der Waals surface area contributed by atoms with E-state index < -0.39 is 11.7 Å². The molecular weight excluding hydrogens is 624 g/mol. The van der Waals surface area contributed by atoms with E-state index in [0.29, 0.717) is 18.7 Å². The zero-order valence-corrected chi connectivity index (χ0v) is 22.4. The van der Waals surface area contributed by atoms with Crippen LogP contribution in [0.5, 0.6) is 0 Å². The number of alkyl carbamates (subject to hydrolysis) is 1. The average molecular weight is 653 g/mol. The number of hydrogen-bond donors (Lipinski definition) is 2. The van der Waals surface area contributed by atoms with E-state index in [-0.39, 0.29) is 18.6 Å². The summed E-state index contributed by atoms with van der Waals surface area (Å²) in [6.45, 7) is 5.81. The molecule has 1 heterocycles. The monoisotopic (exact) mass is 653 g/mol. The van der Waals surface area contributed by atoms with E-state index in [2.05, 4.69) is 60.5 Å². The van der Waals surface area contributed by atoms with Crippen LogP contribution in [0.1, 0.15) is 70.3 Å². The summed E-state index contributed by atoms with van der Waals surface area (Å²) >= 11 is 4.34. The van der Waals surface area contributed by atoms with E-state index in [4.69, 9.17) is 9.47 Å². The second kappa shape index (κ2) is 12.6. The van der Waals surface area contributed by atoms with Crippen LogP contribution in [0.2, 0.25) is 0 Å². The van der Waals surface area contributed by atoms with Gasteiger partial charge in [0.25, 0.3) is 0 Å². The lowest BCUT2D eigenvalue weighted by atomic mass is 10.1. The number of aromatic amines is 1. The van der Waals surface area contributed by atoms with Crippen LogP contribution in [-0.4, -0.2) is 27.6 Å². The van der Waals surface area contributed by atoms with E-state index in [1.807, 2.05) is 51.1 Å². The Morgan fingerprint density at radius 3 is 2.45 bits per heavy atom. The Morgan fingerprint density at radius 1 is 1.13 bits per heavy atom. The topological polar surface area (TPSA) is 93.3 Å². The summed E-state index contributed by atoms with van der Waals surface area (Å²) in [6.07, 6.45) is 3.03. The smallest absolute Gasteiger partial charge is 0.408 e. The first-order valence-corrected chi connectivity index (χ1v) is 12.4. The van der Waals surface area contributed by atoms with Crippen molar-refractivity contribution in [1.29, 1.82) is 0 Å². The number of nitrogens with one attached hydrogen (secondary N) is 2. The predicted octanol–water partition coefficient (Wildman–Crippen LogP) is 5.88. The van der Waals surface area contributed by atoms with Gasteiger partial charge in [-0.1, -0.05) is 43.2 Å². The summed E-state index contributed by atoms with van der Waals surface area (Å²) in [5, 5.41) is 2.92. The number of esters is 1. The molecule has 0 saturated heterocycles. The molecule has 0 saturated carbocycles. The quantitative estimate of drug-likeness (QED) is 0.190. The van der Waals surface area contributed by atoms with Crippen LogP contribution in [0, 0.1) is 7.40 Å². The highest BCUT2D eigenvalue weighted by Gasteiger charge is 2.20. The van der Waals surface area contributed by atoms with Gasteiger partial charge in [0.1, 0.15) is 25.4 Å². The van der Waals surface area contributed by atoms with Crippen LogP contribution in [0.15, 0.2) is 30.3 Å². The van der Waals surface area contributed by atoms with Crippen molar-refractivity contribution in [3.05, 3.63) is 49.1 Å². The van der Waals surface area contributed by atoms with Crippen molar-refractivity contribution in [1.82, 2.24) is 15.3 Å². The molecule has 0 radical (unpaired) electrons. The molecule has 0 aliphatic heterocycles. The summed E-state index contributed by atoms with van der Waals surface area (Å²) in [5.74, 6) is 0.527. The lowest BCUT2D eigenvalue weighted by Crippen LogP contribution is -2.30. The van der Waals surface area contributed by atoms with Crippen LogP contribution >= 0.6 is 45.2 Å². The van der Waals surface area contributed by atoms with E-state index >= 15 is 0 Å². The molecule has 2 aromatic rings. The molecule has 0 aliphatic carbocycles. The van der Waals surface area contributed by atoms with Gasteiger partial charge >= 0.3 is 12.1 Å². The first-order valence-electron chi connectivity index (χ1n) is 10.2. The Morgan fingerprint density at radius 2 is 1.84 bits per heavy atom. The Kier molecular flexibility index (Phi) is 10.5. The van der Waals surface area contributed by atoms with E-state index in [9.17, 15) is 9.59 Å². The minimum absolute atomic E-state index is 0.179. The van der Waals surface area contributed by atoms with Gasteiger partial charge in [-0.2, -0.15) is 0 Å². The van der Waals surface area contributed by atoms with Gasteiger partial charge in [0.15, 0.2) is 0 Å². The fourth-order valence-electron chi connectivity index (χ4n) is 2.88. The molecule has 1 amide bonds. The standard InChI is InChI=1S/C22H29I2N3O4/c1-22(2,3)31-17(28)13-9-5-8-12-16(20-26-18(23)19(24)27-20)25-21(29)30-14-15-10-6-4-7-11-15/h4,6-7,10-11,16H,5,8-9,12-14H2,1-3H3,(H,25,29)(H,26,27). The molecule has 1 aromatic carbocycles. The molecule has 1 unspecified atom stereocenters. The van der Waals surface area contributed by atoms with E-state index in [1.54, 1.807) is 0 Å². The van der Waals surface area contributed by atoms with Gasteiger partial charge in [-0.3, -0.25) is 4.79 Å². The summed E-state index contributed by atoms with van der Waals surface area (Å²) in [4.78, 5) is 32.0. The van der Waals surface area contributed by atoms with Gasteiger partial charge < -0.3 is 19.8 Å². The highest BCUT2D eigenvalue weighted by atomic mass is 127. The second-order valence-corrected chi connectivity index (χ2v) is 10.3. The summed E-state index contributed by atoms with van der Waals surface area (Å²) in [6, 6.07) is 9.26. The Balaban J connectivity index is 1.84. The number of hydrogen-bond acceptors (Lipinski definition) is 5. The molecule has 7 nitrogen and oxygen atoms in total. The van der Waals surface area contributed by atoms with Crippen molar-refractivity contribution in [3.8, 4) is 0 Å². The average Bonchev–Trinajstić information content (AvgIpc) is 3.03. The predicted molar refractivity (Wildman–Crippen MR) is 135 cm³/mol. The largest absolute Gasteiger partial charge is 0.460 e. The lowest BCUT2D eigenvalue weighted by molar-refractivity contribution is -0.154. The van der Waals surface area contributed by atoms with Gasteiger partial charge in [-0.05, 0) is 84.4 Å². The first kappa shape index (κ1) is 25.9. The number of nitrogens with zero attached hydrogens (tertiary/aromatic N) is 1. The number of aromatic nitrogens is 2. The van der Waals surface area contributed by atoms with Crippen LogP contribution in [-0.2, 0) is 20.9 Å². The van der Waals surface area contributed by atoms with Crippen molar-refractivity contribution in [2.75, 3.05) is 0 Å². The fourth-order valence-corrected chi connectivity index (χ4v) is 3.67. The number of benzene rings is 1. The molecular formula is C22H29I2N3O4. The summed E-state index contributed by atoms with van der Waals surface area (Å²) in [5.41, 5.74) is 0.471. The Bertz CT molecular complexity index is 831. The van der Waals surface area contributed by atoms with Crippen molar-refractivity contribution in [2.24, 2.45) is 0 Å². The molecule has 2 rings (SSSR count). The number of H-pyrrole nitrogens is 1. The van der Waals surface area contributed by atoms with E-state index in [1.165, 1.54) is 0 Å². The highest BCUT2D eigenvalue weighted by molar-refractivity contribution is 14.1. The zero-order chi connectivity index (χ0) is 22.9. The first-order chi connectivity index (χ1) is 14.6. The third kappa shape index (κ3) is 10.2. The molecule has 1 atom stereocenters. The van der Waals surface area contributed by atoms with Crippen LogP contribution in [0.4, 0.5) is 4.79 Å². The highest BCUT2D eigenvalue weighted by Crippen LogP contribution is 2.22. The second-order valence-electron chi connectivity index (χ2n) is 8.17. The van der Waals surface area contributed by atoms with Crippen LogP contribution in [0.25, 0.3) is 0 Å². The number of rotatable bonds is 10. The molecule has 0 spiro atoms. The Hall–Kier alpha value is -1.37. The minimum Gasteiger partial charge on any atom is -0.460 e. The third-order valence-corrected chi connectivity index (χ3v) is 6.86. The third-order valence-electron chi connectivity index (χ3n) is 4.27. The fraction of sp³-hybridized carbons (Fsp3) is 0.500. The molecule has 0 fully saturated rings. The maximum Gasteiger partial charge on any atom is 0.408 e.